The highest BCUT2D eigenvalue weighted by Crippen LogP contribution is 2.26. The fourth-order valence-corrected chi connectivity index (χ4v) is 1.46. The quantitative estimate of drug-likeness (QED) is 0.595. The number of nitrogen functional groups attached to an aromatic ring is 1. The Morgan fingerprint density at radius 1 is 1.62 bits per heavy atom. The van der Waals surface area contributed by atoms with E-state index in [0.29, 0.717) is 10.7 Å². The zero-order chi connectivity index (χ0) is 9.84. The number of likely N-dealkylation sites (N-methyl/N-ethyl adjacent to an activating group) is 1. The first-order valence-electron chi connectivity index (χ1n) is 4.02. The lowest BCUT2D eigenvalue weighted by molar-refractivity contribution is 1.03. The third kappa shape index (κ3) is 2.39. The topological polar surface area (TPSA) is 29.3 Å². The fraction of sp³-hybridized carbons (Fsp3) is 0.200. The van der Waals surface area contributed by atoms with E-state index < -0.39 is 0 Å². The number of anilines is 2. The van der Waals surface area contributed by atoms with Crippen LogP contribution in [0.3, 0.4) is 0 Å². The molecule has 0 saturated heterocycles. The molecule has 2 N–H and O–H groups in total. The number of nitrogens with two attached hydrogens (primary N) is 1. The smallest absolute Gasteiger partial charge is 0.0660 e. The van der Waals surface area contributed by atoms with Crippen molar-refractivity contribution in [3.05, 3.63) is 35.9 Å². The Kier molecular flexibility index (Phi) is 3.20. The van der Waals surface area contributed by atoms with Crippen LogP contribution in [0.4, 0.5) is 11.4 Å². The molecular weight excluding hydrogens is 184 g/mol. The molecule has 0 amide bonds. The molecule has 0 saturated carbocycles. The Hall–Kier alpha value is -1.15. The van der Waals surface area contributed by atoms with Gasteiger partial charge in [-0.15, -0.1) is 6.58 Å². The average molecular weight is 197 g/mol. The maximum absolute atomic E-state index is 6.00. The molecule has 0 atom stereocenters. The van der Waals surface area contributed by atoms with Gasteiger partial charge in [-0.2, -0.15) is 0 Å². The van der Waals surface area contributed by atoms with Gasteiger partial charge in [0.1, 0.15) is 0 Å². The third-order valence-corrected chi connectivity index (χ3v) is 2.09. The summed E-state index contributed by atoms with van der Waals surface area (Å²) in [6.45, 7) is 4.43. The highest BCUT2D eigenvalue weighted by Gasteiger charge is 2.03. The predicted molar refractivity (Wildman–Crippen MR) is 59.3 cm³/mol. The lowest BCUT2D eigenvalue weighted by Crippen LogP contribution is -2.16. The maximum Gasteiger partial charge on any atom is 0.0660 e. The van der Waals surface area contributed by atoms with Crippen LogP contribution < -0.4 is 10.6 Å². The number of benzene rings is 1. The van der Waals surface area contributed by atoms with E-state index >= 15 is 0 Å². The second-order valence-corrected chi connectivity index (χ2v) is 3.29. The summed E-state index contributed by atoms with van der Waals surface area (Å²) in [6.07, 6.45) is 1.83. The van der Waals surface area contributed by atoms with E-state index in [1.54, 1.807) is 6.07 Å². The molecule has 70 valence electrons. The number of halogens is 1. The van der Waals surface area contributed by atoms with Crippen molar-refractivity contribution < 1.29 is 0 Å². The summed E-state index contributed by atoms with van der Waals surface area (Å²) in [7, 11) is 1.96. The summed E-state index contributed by atoms with van der Waals surface area (Å²) >= 11 is 6.00. The number of nitrogens with zero attached hydrogens (tertiary/aromatic N) is 1. The van der Waals surface area contributed by atoms with Crippen molar-refractivity contribution >= 4 is 23.0 Å². The van der Waals surface area contributed by atoms with Gasteiger partial charge < -0.3 is 10.6 Å². The van der Waals surface area contributed by atoms with Crippen LogP contribution in [0.15, 0.2) is 30.9 Å². The van der Waals surface area contributed by atoms with E-state index in [4.69, 9.17) is 17.3 Å². The van der Waals surface area contributed by atoms with Gasteiger partial charge >= 0.3 is 0 Å². The van der Waals surface area contributed by atoms with Gasteiger partial charge in [0.15, 0.2) is 0 Å². The molecule has 0 heterocycles. The monoisotopic (exact) mass is 196 g/mol. The van der Waals surface area contributed by atoms with Crippen molar-refractivity contribution in [2.24, 2.45) is 0 Å². The summed E-state index contributed by atoms with van der Waals surface area (Å²) in [5.41, 5.74) is 7.23. The van der Waals surface area contributed by atoms with Crippen LogP contribution in [0.1, 0.15) is 0 Å². The van der Waals surface area contributed by atoms with Crippen molar-refractivity contribution in [3.63, 3.8) is 0 Å². The van der Waals surface area contributed by atoms with Gasteiger partial charge in [-0.05, 0) is 18.2 Å². The largest absolute Gasteiger partial charge is 0.399 e. The summed E-state index contributed by atoms with van der Waals surface area (Å²) in [5.74, 6) is 0. The normalized spacial score (nSPS) is 9.69. The molecule has 0 aliphatic carbocycles. The zero-order valence-corrected chi connectivity index (χ0v) is 8.38. The van der Waals surface area contributed by atoms with Gasteiger partial charge in [0, 0.05) is 19.3 Å². The van der Waals surface area contributed by atoms with Crippen molar-refractivity contribution in [2.75, 3.05) is 24.2 Å². The summed E-state index contributed by atoms with van der Waals surface area (Å²) in [5, 5.41) is 0.671. The fourth-order valence-electron chi connectivity index (χ4n) is 1.12. The second-order valence-electron chi connectivity index (χ2n) is 2.88. The molecule has 13 heavy (non-hydrogen) atoms. The SMILES string of the molecule is C=CCN(C)c1ccc(N)cc1Cl. The summed E-state index contributed by atoms with van der Waals surface area (Å²) < 4.78 is 0. The van der Waals surface area contributed by atoms with E-state index in [-0.39, 0.29) is 0 Å². The highest BCUT2D eigenvalue weighted by molar-refractivity contribution is 6.33. The predicted octanol–water partition coefficient (Wildman–Crippen LogP) is 2.54. The standard InChI is InChI=1S/C10H13ClN2/c1-3-6-13(2)10-5-4-8(12)7-9(10)11/h3-5,7H,1,6,12H2,2H3. The summed E-state index contributed by atoms with van der Waals surface area (Å²) in [6, 6.07) is 5.48. The number of hydrogen-bond donors (Lipinski definition) is 1. The van der Waals surface area contributed by atoms with Crippen LogP contribution in [0, 0.1) is 0 Å². The van der Waals surface area contributed by atoms with Crippen LogP contribution in [0.2, 0.25) is 5.02 Å². The van der Waals surface area contributed by atoms with Gasteiger partial charge in [0.2, 0.25) is 0 Å². The van der Waals surface area contributed by atoms with Crippen LogP contribution in [0.5, 0.6) is 0 Å². The minimum absolute atomic E-state index is 0.671. The number of hydrogen-bond acceptors (Lipinski definition) is 2. The van der Waals surface area contributed by atoms with E-state index in [1.807, 2.05) is 30.2 Å². The molecular formula is C10H13ClN2. The third-order valence-electron chi connectivity index (χ3n) is 1.79. The van der Waals surface area contributed by atoms with E-state index in [1.165, 1.54) is 0 Å². The van der Waals surface area contributed by atoms with Crippen molar-refractivity contribution in [2.45, 2.75) is 0 Å². The molecule has 0 radical (unpaired) electrons. The lowest BCUT2D eigenvalue weighted by Gasteiger charge is -2.18. The zero-order valence-electron chi connectivity index (χ0n) is 7.63. The van der Waals surface area contributed by atoms with Gasteiger partial charge in [-0.3, -0.25) is 0 Å². The Balaban J connectivity index is 2.94. The summed E-state index contributed by atoms with van der Waals surface area (Å²) in [4.78, 5) is 2.01. The Bertz CT molecular complexity index is 310. The molecule has 0 spiro atoms. The van der Waals surface area contributed by atoms with Gasteiger partial charge in [-0.25, -0.2) is 0 Å². The molecule has 0 aliphatic rings. The number of rotatable bonds is 3. The van der Waals surface area contributed by atoms with Crippen LogP contribution >= 0.6 is 11.6 Å². The molecule has 3 heteroatoms. The van der Waals surface area contributed by atoms with Gasteiger partial charge in [-0.1, -0.05) is 17.7 Å². The van der Waals surface area contributed by atoms with Gasteiger partial charge in [0.25, 0.3) is 0 Å². The first-order valence-corrected chi connectivity index (χ1v) is 4.40. The highest BCUT2D eigenvalue weighted by atomic mass is 35.5. The van der Waals surface area contributed by atoms with Crippen LogP contribution in [-0.2, 0) is 0 Å². The first-order chi connectivity index (χ1) is 6.15. The first kappa shape index (κ1) is 9.93. The second kappa shape index (κ2) is 4.19. The van der Waals surface area contributed by atoms with Crippen LogP contribution in [-0.4, -0.2) is 13.6 Å². The Labute approximate surface area is 83.6 Å². The maximum atomic E-state index is 6.00. The van der Waals surface area contributed by atoms with E-state index in [2.05, 4.69) is 6.58 Å². The van der Waals surface area contributed by atoms with E-state index in [0.717, 1.165) is 12.2 Å². The minimum atomic E-state index is 0.671. The van der Waals surface area contributed by atoms with Crippen molar-refractivity contribution in [3.8, 4) is 0 Å². The minimum Gasteiger partial charge on any atom is -0.399 e. The molecule has 1 aromatic rings. The van der Waals surface area contributed by atoms with Gasteiger partial charge in [0.05, 0.1) is 10.7 Å². The lowest BCUT2D eigenvalue weighted by atomic mass is 10.2. The molecule has 1 rings (SSSR count). The molecule has 0 aliphatic heterocycles. The Morgan fingerprint density at radius 2 is 2.31 bits per heavy atom. The Morgan fingerprint density at radius 3 is 2.85 bits per heavy atom. The van der Waals surface area contributed by atoms with E-state index in [9.17, 15) is 0 Å². The average Bonchev–Trinajstić information content (AvgIpc) is 2.04. The van der Waals surface area contributed by atoms with Crippen molar-refractivity contribution in [1.82, 2.24) is 0 Å². The van der Waals surface area contributed by atoms with Crippen molar-refractivity contribution in [1.29, 1.82) is 0 Å². The molecule has 0 aromatic heterocycles. The van der Waals surface area contributed by atoms with Crippen LogP contribution in [0.25, 0.3) is 0 Å². The molecule has 1 aromatic carbocycles. The molecule has 2 nitrogen and oxygen atoms in total. The molecule has 0 bridgehead atoms. The molecule has 0 unspecified atom stereocenters. The molecule has 0 fully saturated rings.